The number of hydrogen-bond donors (Lipinski definition) is 0. The van der Waals surface area contributed by atoms with Crippen LogP contribution in [0.5, 0.6) is 0 Å². The Labute approximate surface area is 72.0 Å². The van der Waals surface area contributed by atoms with Gasteiger partial charge in [0.1, 0.15) is 0 Å². The summed E-state index contributed by atoms with van der Waals surface area (Å²) in [5.74, 6) is 0. The first-order valence-electron chi connectivity index (χ1n) is 4.53. The van der Waals surface area contributed by atoms with E-state index in [4.69, 9.17) is 0 Å². The van der Waals surface area contributed by atoms with Crippen molar-refractivity contribution in [1.29, 1.82) is 0 Å². The maximum Gasteiger partial charge on any atom is 0.244 e. The highest BCUT2D eigenvalue weighted by atomic mass is 28.4. The first-order valence-corrected chi connectivity index (χ1v) is 6.67. The molecule has 0 aliphatic heterocycles. The molecule has 0 atom stereocenters. The molecule has 0 heterocycles. The van der Waals surface area contributed by atoms with Crippen LogP contribution in [0.3, 0.4) is 0 Å². The highest BCUT2D eigenvalue weighted by Crippen LogP contribution is 2.39. The van der Waals surface area contributed by atoms with Gasteiger partial charge < -0.3 is 0 Å². The summed E-state index contributed by atoms with van der Waals surface area (Å²) in [6, 6.07) is 0. The highest BCUT2D eigenvalue weighted by Gasteiger charge is 2.43. The fourth-order valence-corrected chi connectivity index (χ4v) is 6.00. The molecule has 0 rings (SSSR count). The molecule has 0 aromatic carbocycles. The van der Waals surface area contributed by atoms with Crippen molar-refractivity contribution in [2.75, 3.05) is 0 Å². The molecular weight excluding hydrogens is 152 g/mol. The molecule has 0 saturated heterocycles. The maximum absolute atomic E-state index is 12.3. The van der Waals surface area contributed by atoms with Gasteiger partial charge in [-0.15, -0.1) is 0 Å². The predicted octanol–water partition coefficient (Wildman–Crippen LogP) is 3.59. The lowest BCUT2D eigenvalue weighted by atomic mass is 10.5. The molecule has 0 spiro atoms. The molecule has 0 amide bonds. The average molecular weight is 173 g/mol. The van der Waals surface area contributed by atoms with Crippen molar-refractivity contribution in [3.63, 3.8) is 0 Å². The molecule has 0 bridgehead atoms. The molecule has 0 aromatic heterocycles. The van der Waals surface area contributed by atoms with Gasteiger partial charge in [0.2, 0.25) is 8.32 Å². The maximum atomic E-state index is 12.3. The number of hydrogen-bond acceptors (Lipinski definition) is 0. The summed E-state index contributed by atoms with van der Waals surface area (Å²) < 4.78 is 0. The summed E-state index contributed by atoms with van der Waals surface area (Å²) in [4.78, 5) is 12.3. The average Bonchev–Trinajstić information content (AvgIpc) is 1.84. The zero-order valence-corrected chi connectivity index (χ0v) is 9.64. The summed E-state index contributed by atoms with van der Waals surface area (Å²) in [6.45, 7) is 12.5. The van der Waals surface area contributed by atoms with Crippen LogP contribution in [0, 0.1) is 0 Å². The van der Waals surface area contributed by atoms with E-state index in [0.29, 0.717) is 16.6 Å². The van der Waals surface area contributed by atoms with Crippen LogP contribution in [0.4, 0.5) is 0 Å². The van der Waals surface area contributed by atoms with Gasteiger partial charge in [0, 0.05) is 0 Å². The minimum Gasteiger partial charge on any atom is -0.297 e. The first-order chi connectivity index (χ1) is 4.83. The van der Waals surface area contributed by atoms with E-state index in [1.165, 1.54) is 0 Å². The third-order valence-corrected chi connectivity index (χ3v) is 8.12. The zero-order valence-electron chi connectivity index (χ0n) is 8.64. The van der Waals surface area contributed by atoms with E-state index in [9.17, 15) is 4.80 Å². The van der Waals surface area contributed by atoms with Crippen molar-refractivity contribution < 1.29 is 4.80 Å². The normalized spacial score (nSPS) is 13.6. The third-order valence-electron chi connectivity index (χ3n) is 2.71. The van der Waals surface area contributed by atoms with Crippen molar-refractivity contribution in [1.82, 2.24) is 0 Å². The van der Waals surface area contributed by atoms with Gasteiger partial charge in [0.25, 0.3) is 0 Å². The lowest BCUT2D eigenvalue weighted by Gasteiger charge is -2.34. The Balaban J connectivity index is 4.53. The summed E-state index contributed by atoms with van der Waals surface area (Å²) in [6.07, 6.45) is 0. The van der Waals surface area contributed by atoms with Crippen molar-refractivity contribution >= 4 is 8.32 Å². The monoisotopic (exact) mass is 173 g/mol. The zero-order chi connectivity index (χ0) is 9.23. The Hall–Kier alpha value is 0.177. The second-order valence-electron chi connectivity index (χ2n) is 4.32. The van der Waals surface area contributed by atoms with Gasteiger partial charge in [0.15, 0.2) is 0 Å². The Morgan fingerprint density at radius 3 is 0.909 bits per heavy atom. The SMILES string of the molecule is CC(C)[Si]([O])(C(C)C)C(C)C. The molecule has 11 heavy (non-hydrogen) atoms. The van der Waals surface area contributed by atoms with E-state index < -0.39 is 8.32 Å². The molecule has 1 radical (unpaired) electrons. The summed E-state index contributed by atoms with van der Waals surface area (Å²) in [5, 5.41) is 0. The van der Waals surface area contributed by atoms with E-state index in [0.717, 1.165) is 0 Å². The molecular formula is C9H21OSi. The first kappa shape index (κ1) is 11.2. The Kier molecular flexibility index (Phi) is 3.78. The third kappa shape index (κ3) is 2.06. The van der Waals surface area contributed by atoms with Gasteiger partial charge in [-0.3, -0.25) is 4.80 Å². The Morgan fingerprint density at radius 1 is 0.727 bits per heavy atom. The largest absolute Gasteiger partial charge is 0.297 e. The molecule has 1 nitrogen and oxygen atoms in total. The van der Waals surface area contributed by atoms with Crippen LogP contribution in [0.25, 0.3) is 0 Å². The van der Waals surface area contributed by atoms with Crippen molar-refractivity contribution in [3.8, 4) is 0 Å². The Morgan fingerprint density at radius 2 is 0.909 bits per heavy atom. The van der Waals surface area contributed by atoms with Crippen molar-refractivity contribution in [2.45, 2.75) is 58.2 Å². The van der Waals surface area contributed by atoms with Crippen molar-refractivity contribution in [3.05, 3.63) is 0 Å². The molecule has 67 valence electrons. The lowest BCUT2D eigenvalue weighted by Crippen LogP contribution is -2.42. The molecule has 0 unspecified atom stereocenters. The van der Waals surface area contributed by atoms with E-state index in [1.54, 1.807) is 0 Å². The molecule has 2 heteroatoms. The van der Waals surface area contributed by atoms with Gasteiger partial charge in [0.05, 0.1) is 0 Å². The minimum absolute atomic E-state index is 0.363. The smallest absolute Gasteiger partial charge is 0.244 e. The summed E-state index contributed by atoms with van der Waals surface area (Å²) in [5.41, 5.74) is 1.09. The predicted molar refractivity (Wildman–Crippen MR) is 51.7 cm³/mol. The summed E-state index contributed by atoms with van der Waals surface area (Å²) >= 11 is 0. The van der Waals surface area contributed by atoms with Crippen LogP contribution in [0.1, 0.15) is 41.5 Å². The minimum atomic E-state index is -2.23. The van der Waals surface area contributed by atoms with Crippen molar-refractivity contribution in [2.24, 2.45) is 0 Å². The molecule has 0 saturated carbocycles. The van der Waals surface area contributed by atoms with Crippen LogP contribution in [-0.2, 0) is 4.80 Å². The van der Waals surface area contributed by atoms with E-state index in [1.807, 2.05) is 0 Å². The van der Waals surface area contributed by atoms with Crippen LogP contribution < -0.4 is 0 Å². The number of rotatable bonds is 3. The van der Waals surface area contributed by atoms with E-state index in [2.05, 4.69) is 41.5 Å². The van der Waals surface area contributed by atoms with Crippen LogP contribution >= 0.6 is 0 Å². The van der Waals surface area contributed by atoms with Gasteiger partial charge in [-0.1, -0.05) is 41.5 Å². The van der Waals surface area contributed by atoms with Gasteiger partial charge >= 0.3 is 0 Å². The van der Waals surface area contributed by atoms with Gasteiger partial charge in [-0.2, -0.15) is 0 Å². The van der Waals surface area contributed by atoms with Gasteiger partial charge in [-0.05, 0) is 16.6 Å². The second-order valence-corrected chi connectivity index (χ2v) is 9.49. The topological polar surface area (TPSA) is 19.9 Å². The quantitative estimate of drug-likeness (QED) is 0.581. The molecule has 0 aliphatic rings. The van der Waals surface area contributed by atoms with Gasteiger partial charge in [-0.25, -0.2) is 0 Å². The lowest BCUT2D eigenvalue weighted by molar-refractivity contribution is 0.375. The second kappa shape index (κ2) is 3.72. The highest BCUT2D eigenvalue weighted by molar-refractivity contribution is 6.76. The van der Waals surface area contributed by atoms with Crippen LogP contribution in [0.2, 0.25) is 16.6 Å². The summed E-state index contributed by atoms with van der Waals surface area (Å²) in [7, 11) is -2.23. The molecule has 0 aliphatic carbocycles. The fraction of sp³-hybridized carbons (Fsp3) is 1.00. The van der Waals surface area contributed by atoms with Crippen LogP contribution in [-0.4, -0.2) is 8.32 Å². The van der Waals surface area contributed by atoms with Crippen LogP contribution in [0.15, 0.2) is 0 Å². The van der Waals surface area contributed by atoms with E-state index >= 15 is 0 Å². The Bertz CT molecular complexity index is 97.0. The molecule has 0 N–H and O–H groups in total. The standard InChI is InChI=1S/C9H21OSi/c1-7(2)11(10,8(3)4)9(5)6/h7-9H,1-6H3. The molecule has 0 fully saturated rings. The molecule has 0 aromatic rings. The van der Waals surface area contributed by atoms with E-state index in [-0.39, 0.29) is 0 Å². The fourth-order valence-electron chi connectivity index (χ4n) is 2.00.